The van der Waals surface area contributed by atoms with Crippen LogP contribution < -0.4 is 15.6 Å². The minimum absolute atomic E-state index is 0.0539. The van der Waals surface area contributed by atoms with E-state index in [4.69, 9.17) is 0 Å². The van der Waals surface area contributed by atoms with Crippen molar-refractivity contribution in [3.8, 4) is 0 Å². The zero-order valence-electron chi connectivity index (χ0n) is 13.8. The lowest BCUT2D eigenvalue weighted by Gasteiger charge is -2.34. The highest BCUT2D eigenvalue weighted by atomic mass is 28.3. The van der Waals surface area contributed by atoms with Crippen LogP contribution in [0.15, 0.2) is 103 Å². The molecule has 3 aromatic carbocycles. The molecule has 0 aliphatic heterocycles. The predicted molar refractivity (Wildman–Crippen MR) is 104 cm³/mol. The Kier molecular flexibility index (Phi) is 4.58. The molecule has 24 heavy (non-hydrogen) atoms. The van der Waals surface area contributed by atoms with Crippen molar-refractivity contribution in [1.82, 2.24) is 0 Å². The lowest BCUT2D eigenvalue weighted by atomic mass is 10.3. The van der Waals surface area contributed by atoms with Gasteiger partial charge in [0.25, 0.3) is 0 Å². The molecule has 0 saturated heterocycles. The van der Waals surface area contributed by atoms with E-state index in [-0.39, 0.29) is 5.78 Å². The smallest absolute Gasteiger partial charge is 0.182 e. The minimum Gasteiger partial charge on any atom is -0.295 e. The molecule has 0 saturated carbocycles. The highest BCUT2D eigenvalue weighted by Gasteiger charge is 2.43. The molecule has 0 heterocycles. The van der Waals surface area contributed by atoms with Crippen LogP contribution >= 0.6 is 0 Å². The molecule has 0 unspecified atom stereocenters. The Morgan fingerprint density at radius 3 is 1.21 bits per heavy atom. The summed E-state index contributed by atoms with van der Waals surface area (Å²) in [4.78, 5) is 12.4. The molecule has 3 rings (SSSR count). The second-order valence-electron chi connectivity index (χ2n) is 5.88. The minimum atomic E-state index is -2.63. The van der Waals surface area contributed by atoms with Gasteiger partial charge in [-0.15, -0.1) is 0 Å². The van der Waals surface area contributed by atoms with E-state index in [0.29, 0.717) is 5.20 Å². The Balaban J connectivity index is 2.42. The number of hydrogen-bond acceptors (Lipinski definition) is 1. The molecule has 0 aliphatic carbocycles. The molecule has 0 fully saturated rings. The average molecular weight is 328 g/mol. The fourth-order valence-corrected chi connectivity index (χ4v) is 8.00. The molecule has 0 radical (unpaired) electrons. The molecule has 0 spiro atoms. The first-order valence-electron chi connectivity index (χ1n) is 8.04. The number of carbonyl (C=O) groups is 1. The second-order valence-corrected chi connectivity index (χ2v) is 9.72. The van der Waals surface area contributed by atoms with Crippen LogP contribution in [0, 0.1) is 0 Å². The molecule has 0 aromatic heterocycles. The molecule has 2 heteroatoms. The molecular weight excluding hydrogens is 308 g/mol. The summed E-state index contributed by atoms with van der Waals surface area (Å²) in [6, 6.07) is 31.0. The first-order chi connectivity index (χ1) is 11.7. The molecule has 1 nitrogen and oxygen atoms in total. The van der Waals surface area contributed by atoms with Gasteiger partial charge in [-0.1, -0.05) is 97.6 Å². The molecule has 3 aromatic rings. The summed E-state index contributed by atoms with van der Waals surface area (Å²) in [7, 11) is -2.63. The number of hydrogen-bond donors (Lipinski definition) is 0. The summed E-state index contributed by atoms with van der Waals surface area (Å²) >= 11 is 0. The fraction of sp³-hybridized carbons (Fsp3) is 0.0455. The number of ketones is 1. The van der Waals surface area contributed by atoms with E-state index in [0.717, 1.165) is 0 Å². The standard InChI is InChI=1S/C22H20OSi/c1-18(23)19(2)24(20-12-6-3-7-13-20,21-14-8-4-9-15-21)22-16-10-5-11-17-22/h3-17H,2H2,1H3. The lowest BCUT2D eigenvalue weighted by molar-refractivity contribution is -0.113. The Morgan fingerprint density at radius 2 is 0.958 bits per heavy atom. The summed E-state index contributed by atoms with van der Waals surface area (Å²) in [6.45, 7) is 5.89. The maximum absolute atomic E-state index is 12.4. The largest absolute Gasteiger partial charge is 0.295 e. The van der Waals surface area contributed by atoms with Gasteiger partial charge < -0.3 is 0 Å². The molecule has 0 N–H and O–H groups in total. The SMILES string of the molecule is C=C(C(C)=O)[Si](c1ccccc1)(c1ccccc1)c1ccccc1. The fourth-order valence-electron chi connectivity index (χ4n) is 3.35. The van der Waals surface area contributed by atoms with Gasteiger partial charge in [-0.2, -0.15) is 0 Å². The number of carbonyl (C=O) groups excluding carboxylic acids is 1. The molecule has 0 amide bonds. The van der Waals surface area contributed by atoms with Crippen LogP contribution in [-0.4, -0.2) is 13.9 Å². The molecule has 0 aliphatic rings. The van der Waals surface area contributed by atoms with Gasteiger partial charge >= 0.3 is 0 Å². The predicted octanol–water partition coefficient (Wildman–Crippen LogP) is 2.84. The number of rotatable bonds is 5. The Hall–Kier alpha value is -2.71. The van der Waals surface area contributed by atoms with Gasteiger partial charge in [0.15, 0.2) is 13.9 Å². The normalized spacial score (nSPS) is 11.0. The third kappa shape index (κ3) is 2.66. The van der Waals surface area contributed by atoms with Crippen LogP contribution in [0.4, 0.5) is 0 Å². The summed E-state index contributed by atoms with van der Waals surface area (Å²) in [6.07, 6.45) is 0. The van der Waals surface area contributed by atoms with Gasteiger partial charge in [-0.05, 0) is 27.7 Å². The lowest BCUT2D eigenvalue weighted by Crippen LogP contribution is -2.69. The van der Waals surface area contributed by atoms with E-state index < -0.39 is 8.07 Å². The Morgan fingerprint density at radius 1 is 0.667 bits per heavy atom. The van der Waals surface area contributed by atoms with Gasteiger partial charge in [-0.3, -0.25) is 4.79 Å². The summed E-state index contributed by atoms with van der Waals surface area (Å²) < 4.78 is 0. The number of allylic oxidation sites excluding steroid dienone is 1. The van der Waals surface area contributed by atoms with Crippen molar-refractivity contribution in [2.75, 3.05) is 0 Å². The van der Waals surface area contributed by atoms with E-state index in [9.17, 15) is 4.79 Å². The Bertz CT molecular complexity index is 742. The first-order valence-corrected chi connectivity index (χ1v) is 10.0. The monoisotopic (exact) mass is 328 g/mol. The van der Waals surface area contributed by atoms with Gasteiger partial charge in [0.05, 0.1) is 0 Å². The molecular formula is C22H20OSi. The van der Waals surface area contributed by atoms with Crippen molar-refractivity contribution in [1.29, 1.82) is 0 Å². The van der Waals surface area contributed by atoms with E-state index in [1.165, 1.54) is 15.6 Å². The van der Waals surface area contributed by atoms with Crippen molar-refractivity contribution in [2.24, 2.45) is 0 Å². The van der Waals surface area contributed by atoms with Crippen molar-refractivity contribution < 1.29 is 4.79 Å². The number of Topliss-reactive ketones (excluding diaryl/α,β-unsaturated/α-hetero) is 1. The van der Waals surface area contributed by atoms with Gasteiger partial charge in [0, 0.05) is 0 Å². The highest BCUT2D eigenvalue weighted by molar-refractivity contribution is 7.18. The zero-order valence-corrected chi connectivity index (χ0v) is 14.8. The third-order valence-electron chi connectivity index (χ3n) is 4.50. The van der Waals surface area contributed by atoms with Crippen LogP contribution in [0.3, 0.4) is 0 Å². The summed E-state index contributed by atoms with van der Waals surface area (Å²) in [5, 5.41) is 4.26. The van der Waals surface area contributed by atoms with E-state index >= 15 is 0 Å². The Labute approximate surface area is 144 Å². The van der Waals surface area contributed by atoms with E-state index in [1.807, 2.05) is 54.6 Å². The van der Waals surface area contributed by atoms with Gasteiger partial charge in [0.2, 0.25) is 0 Å². The topological polar surface area (TPSA) is 17.1 Å². The van der Waals surface area contributed by atoms with Gasteiger partial charge in [0.1, 0.15) is 0 Å². The van der Waals surface area contributed by atoms with Crippen molar-refractivity contribution >= 4 is 29.4 Å². The summed E-state index contributed by atoms with van der Waals surface area (Å²) in [5.41, 5.74) is 0. The van der Waals surface area contributed by atoms with Crippen molar-refractivity contribution in [3.05, 3.63) is 103 Å². The van der Waals surface area contributed by atoms with Crippen LogP contribution in [0.5, 0.6) is 0 Å². The number of benzene rings is 3. The van der Waals surface area contributed by atoms with E-state index in [1.54, 1.807) is 6.92 Å². The maximum Gasteiger partial charge on any atom is 0.182 e. The summed E-state index contributed by atoms with van der Waals surface area (Å²) in [5.74, 6) is 0.0539. The quantitative estimate of drug-likeness (QED) is 0.400. The first kappa shape index (κ1) is 16.2. The zero-order chi connectivity index (χ0) is 17.0. The maximum atomic E-state index is 12.4. The van der Waals surface area contributed by atoms with Gasteiger partial charge in [-0.25, -0.2) is 0 Å². The van der Waals surface area contributed by atoms with E-state index in [2.05, 4.69) is 43.0 Å². The van der Waals surface area contributed by atoms with Crippen LogP contribution in [0.25, 0.3) is 0 Å². The van der Waals surface area contributed by atoms with Crippen LogP contribution in [0.2, 0.25) is 0 Å². The van der Waals surface area contributed by atoms with Crippen LogP contribution in [0.1, 0.15) is 6.92 Å². The van der Waals surface area contributed by atoms with Crippen LogP contribution in [-0.2, 0) is 4.79 Å². The second kappa shape index (κ2) is 6.81. The van der Waals surface area contributed by atoms with Crippen molar-refractivity contribution in [3.63, 3.8) is 0 Å². The molecule has 0 bridgehead atoms. The molecule has 0 atom stereocenters. The average Bonchev–Trinajstić information content (AvgIpc) is 2.65. The molecule has 118 valence electrons. The van der Waals surface area contributed by atoms with Crippen molar-refractivity contribution in [2.45, 2.75) is 6.92 Å². The highest BCUT2D eigenvalue weighted by Crippen LogP contribution is 2.16. The third-order valence-corrected chi connectivity index (χ3v) is 9.35.